The molecule has 0 radical (unpaired) electrons. The van der Waals surface area contributed by atoms with Gasteiger partial charge in [0.15, 0.2) is 0 Å². The Bertz CT molecular complexity index is 384. The molecule has 1 aliphatic carbocycles. The van der Waals surface area contributed by atoms with Crippen LogP contribution < -0.4 is 0 Å². The molecule has 0 heterocycles. The van der Waals surface area contributed by atoms with Crippen molar-refractivity contribution in [2.24, 2.45) is 5.41 Å². The third kappa shape index (κ3) is 3.30. The van der Waals surface area contributed by atoms with Crippen molar-refractivity contribution in [3.8, 4) is 0 Å². The van der Waals surface area contributed by atoms with Gasteiger partial charge in [-0.25, -0.2) is 4.39 Å². The Hall–Kier alpha value is -0.930. The van der Waals surface area contributed by atoms with E-state index in [1.54, 1.807) is 12.1 Å². The summed E-state index contributed by atoms with van der Waals surface area (Å²) in [5, 5.41) is 9.43. The molecule has 0 amide bonds. The van der Waals surface area contributed by atoms with Gasteiger partial charge in [-0.3, -0.25) is 0 Å². The van der Waals surface area contributed by atoms with Crippen LogP contribution in [0.3, 0.4) is 0 Å². The molecule has 2 rings (SSSR count). The van der Waals surface area contributed by atoms with Crippen LogP contribution in [0, 0.1) is 11.2 Å². The molecule has 1 fully saturated rings. The molecule has 0 bridgehead atoms. The van der Waals surface area contributed by atoms with Crippen molar-refractivity contribution in [1.82, 2.24) is 4.90 Å². The van der Waals surface area contributed by atoms with Gasteiger partial charge in [0.25, 0.3) is 0 Å². The van der Waals surface area contributed by atoms with E-state index in [9.17, 15) is 9.50 Å². The highest BCUT2D eigenvalue weighted by Gasteiger charge is 2.36. The fourth-order valence-electron chi connectivity index (χ4n) is 2.71. The van der Waals surface area contributed by atoms with Crippen LogP contribution in [0.25, 0.3) is 0 Å². The molecule has 100 valence electrons. The predicted molar refractivity (Wildman–Crippen MR) is 71.0 cm³/mol. The average Bonchev–Trinajstić information content (AvgIpc) is 2.31. The third-order valence-electron chi connectivity index (χ3n) is 4.03. The first-order chi connectivity index (χ1) is 8.63. The summed E-state index contributed by atoms with van der Waals surface area (Å²) in [4.78, 5) is 2.25. The fourth-order valence-corrected chi connectivity index (χ4v) is 2.71. The van der Waals surface area contributed by atoms with E-state index in [1.165, 1.54) is 12.5 Å². The molecule has 0 saturated heterocycles. The van der Waals surface area contributed by atoms with E-state index in [1.807, 2.05) is 6.07 Å². The second-order valence-electron chi connectivity index (χ2n) is 5.63. The summed E-state index contributed by atoms with van der Waals surface area (Å²) in [5.41, 5.74) is 1.17. The number of halogens is 1. The van der Waals surface area contributed by atoms with E-state index in [-0.39, 0.29) is 17.8 Å². The lowest BCUT2D eigenvalue weighted by molar-refractivity contribution is 0.0149. The molecule has 1 aliphatic rings. The minimum Gasteiger partial charge on any atom is -0.396 e. The minimum absolute atomic E-state index is 0.136. The molecule has 0 unspecified atom stereocenters. The number of likely N-dealkylation sites (N-methyl/N-ethyl adjacent to an activating group) is 1. The second kappa shape index (κ2) is 5.81. The molecule has 1 saturated carbocycles. The zero-order chi connectivity index (χ0) is 13.0. The summed E-state index contributed by atoms with van der Waals surface area (Å²) in [7, 11) is 2.08. The zero-order valence-corrected chi connectivity index (χ0v) is 11.0. The van der Waals surface area contributed by atoms with E-state index in [0.717, 1.165) is 37.9 Å². The summed E-state index contributed by atoms with van der Waals surface area (Å²) >= 11 is 0. The van der Waals surface area contributed by atoms with Crippen molar-refractivity contribution in [3.05, 3.63) is 35.6 Å². The van der Waals surface area contributed by atoms with Crippen LogP contribution in [0.1, 0.15) is 24.8 Å². The van der Waals surface area contributed by atoms with Crippen LogP contribution in [0.4, 0.5) is 4.39 Å². The molecule has 0 spiro atoms. The summed E-state index contributed by atoms with van der Waals surface area (Å²) in [6.45, 7) is 2.14. The Morgan fingerprint density at radius 1 is 1.39 bits per heavy atom. The van der Waals surface area contributed by atoms with E-state index in [2.05, 4.69) is 11.9 Å². The maximum absolute atomic E-state index is 13.0. The monoisotopic (exact) mass is 251 g/mol. The van der Waals surface area contributed by atoms with E-state index >= 15 is 0 Å². The Kier molecular flexibility index (Phi) is 4.36. The van der Waals surface area contributed by atoms with E-state index < -0.39 is 0 Å². The van der Waals surface area contributed by atoms with Gasteiger partial charge in [0.2, 0.25) is 0 Å². The number of aliphatic hydroxyl groups excluding tert-OH is 1. The standard InChI is InChI=1S/C15H22FNO/c1-17(11-15(12-18)7-3-8-15)9-6-13-4-2-5-14(16)10-13/h2,4-5,10,18H,3,6-9,11-12H2,1H3. The van der Waals surface area contributed by atoms with Crippen LogP contribution in [0.15, 0.2) is 24.3 Å². The molecule has 0 aliphatic heterocycles. The number of hydrogen-bond acceptors (Lipinski definition) is 2. The van der Waals surface area contributed by atoms with Gasteiger partial charge >= 0.3 is 0 Å². The molecular formula is C15H22FNO. The quantitative estimate of drug-likeness (QED) is 0.839. The topological polar surface area (TPSA) is 23.5 Å². The maximum atomic E-state index is 13.0. The third-order valence-corrected chi connectivity index (χ3v) is 4.03. The molecule has 0 atom stereocenters. The van der Waals surface area contributed by atoms with Crippen molar-refractivity contribution in [2.45, 2.75) is 25.7 Å². The van der Waals surface area contributed by atoms with E-state index in [4.69, 9.17) is 0 Å². The molecule has 2 nitrogen and oxygen atoms in total. The Morgan fingerprint density at radius 2 is 2.17 bits per heavy atom. The minimum atomic E-state index is -0.166. The van der Waals surface area contributed by atoms with Crippen LogP contribution in [-0.2, 0) is 6.42 Å². The summed E-state index contributed by atoms with van der Waals surface area (Å²) in [5.74, 6) is -0.166. The lowest BCUT2D eigenvalue weighted by Gasteiger charge is -2.43. The van der Waals surface area contributed by atoms with E-state index in [0.29, 0.717) is 0 Å². The molecule has 1 N–H and O–H groups in total. The van der Waals surface area contributed by atoms with Gasteiger partial charge in [-0.15, -0.1) is 0 Å². The smallest absolute Gasteiger partial charge is 0.123 e. The van der Waals surface area contributed by atoms with Gasteiger partial charge in [-0.1, -0.05) is 18.6 Å². The highest BCUT2D eigenvalue weighted by molar-refractivity contribution is 5.16. The predicted octanol–water partition coefficient (Wildman–Crippen LogP) is 2.46. The lowest BCUT2D eigenvalue weighted by Crippen LogP contribution is -2.44. The number of aliphatic hydroxyl groups is 1. The lowest BCUT2D eigenvalue weighted by atomic mass is 9.69. The zero-order valence-electron chi connectivity index (χ0n) is 11.0. The number of rotatable bonds is 6. The first-order valence-corrected chi connectivity index (χ1v) is 6.67. The molecule has 0 aromatic heterocycles. The van der Waals surface area contributed by atoms with Gasteiger partial charge in [-0.05, 0) is 44.0 Å². The van der Waals surface area contributed by atoms with Gasteiger partial charge in [-0.2, -0.15) is 0 Å². The molecule has 1 aromatic carbocycles. The van der Waals surface area contributed by atoms with Gasteiger partial charge in [0.05, 0.1) is 0 Å². The van der Waals surface area contributed by atoms with Crippen molar-refractivity contribution in [3.63, 3.8) is 0 Å². The summed E-state index contributed by atoms with van der Waals surface area (Å²) in [6, 6.07) is 6.79. The highest BCUT2D eigenvalue weighted by Crippen LogP contribution is 2.40. The van der Waals surface area contributed by atoms with Crippen LogP contribution in [-0.4, -0.2) is 36.8 Å². The maximum Gasteiger partial charge on any atom is 0.123 e. The molecule has 3 heteroatoms. The summed E-state index contributed by atoms with van der Waals surface area (Å²) < 4.78 is 13.0. The second-order valence-corrected chi connectivity index (χ2v) is 5.63. The van der Waals surface area contributed by atoms with Crippen LogP contribution in [0.5, 0.6) is 0 Å². The van der Waals surface area contributed by atoms with Gasteiger partial charge in [0.1, 0.15) is 5.82 Å². The van der Waals surface area contributed by atoms with Crippen molar-refractivity contribution >= 4 is 0 Å². The number of benzene rings is 1. The van der Waals surface area contributed by atoms with Crippen molar-refractivity contribution in [1.29, 1.82) is 0 Å². The molecule has 1 aromatic rings. The normalized spacial score (nSPS) is 17.8. The first kappa shape index (κ1) is 13.5. The van der Waals surface area contributed by atoms with Crippen molar-refractivity contribution in [2.75, 3.05) is 26.7 Å². The van der Waals surface area contributed by atoms with Crippen LogP contribution >= 0.6 is 0 Å². The Balaban J connectivity index is 1.79. The Morgan fingerprint density at radius 3 is 2.72 bits per heavy atom. The first-order valence-electron chi connectivity index (χ1n) is 6.67. The number of nitrogens with zero attached hydrogens (tertiary/aromatic N) is 1. The average molecular weight is 251 g/mol. The van der Waals surface area contributed by atoms with Crippen molar-refractivity contribution < 1.29 is 9.50 Å². The van der Waals surface area contributed by atoms with Crippen LogP contribution in [0.2, 0.25) is 0 Å². The number of hydrogen-bond donors (Lipinski definition) is 1. The summed E-state index contributed by atoms with van der Waals surface area (Å²) in [6.07, 6.45) is 4.36. The Labute approximate surface area is 108 Å². The van der Waals surface area contributed by atoms with Gasteiger partial charge in [0, 0.05) is 25.1 Å². The SMILES string of the molecule is CN(CCc1cccc(F)c1)CC1(CO)CCC1. The van der Waals surface area contributed by atoms with Gasteiger partial charge < -0.3 is 10.0 Å². The fraction of sp³-hybridized carbons (Fsp3) is 0.600. The highest BCUT2D eigenvalue weighted by atomic mass is 19.1. The molecular weight excluding hydrogens is 229 g/mol. The largest absolute Gasteiger partial charge is 0.396 e. The molecule has 18 heavy (non-hydrogen) atoms.